The molecule has 0 saturated heterocycles. The first kappa shape index (κ1) is 10.5. The van der Waals surface area contributed by atoms with Crippen LogP contribution in [-0.2, 0) is 9.59 Å². The molecule has 0 amide bonds. The lowest BCUT2D eigenvalue weighted by molar-refractivity contribution is -0.135. The molecule has 0 rings (SSSR count). The van der Waals surface area contributed by atoms with E-state index in [9.17, 15) is 9.59 Å². The molecule has 12 heavy (non-hydrogen) atoms. The van der Waals surface area contributed by atoms with Gasteiger partial charge in [0.15, 0.2) is 0 Å². The average Bonchev–Trinajstić information content (AvgIpc) is 1.95. The van der Waals surface area contributed by atoms with Crippen molar-refractivity contribution in [1.82, 2.24) is 5.32 Å². The van der Waals surface area contributed by atoms with Crippen molar-refractivity contribution in [2.24, 2.45) is 0 Å². The molecular formula is C8H11NO3. The van der Waals surface area contributed by atoms with Gasteiger partial charge in [-0.15, -0.1) is 0 Å². The molecule has 0 spiro atoms. The summed E-state index contributed by atoms with van der Waals surface area (Å²) in [5.74, 6) is 1.76. The van der Waals surface area contributed by atoms with E-state index < -0.39 is 5.97 Å². The fourth-order valence-corrected chi connectivity index (χ4v) is 0.483. The predicted molar refractivity (Wildman–Crippen MR) is 43.3 cm³/mol. The third-order valence-electron chi connectivity index (χ3n) is 1.02. The first-order valence-electron chi connectivity index (χ1n) is 3.55. The standard InChI is InChI=1S/C8H11NO3/c1-7(10)4-2-3-5-9-6-8(11)12/h9H,2,4,6H2,1H3,(H,11,12). The molecule has 0 unspecified atom stereocenters. The number of nitrogens with one attached hydrogen (secondary N) is 1. The minimum Gasteiger partial charge on any atom is -0.480 e. The van der Waals surface area contributed by atoms with E-state index in [1.165, 1.54) is 6.92 Å². The SMILES string of the molecule is CC(=O)CCC#CNCC(=O)O. The summed E-state index contributed by atoms with van der Waals surface area (Å²) in [5, 5.41) is 10.6. The lowest BCUT2D eigenvalue weighted by Gasteiger charge is -1.88. The van der Waals surface area contributed by atoms with Crippen molar-refractivity contribution in [2.45, 2.75) is 19.8 Å². The molecule has 0 saturated carbocycles. The number of carboxylic acid groups (broad SMARTS) is 1. The molecular weight excluding hydrogens is 158 g/mol. The zero-order valence-corrected chi connectivity index (χ0v) is 6.89. The molecule has 0 heterocycles. The van der Waals surface area contributed by atoms with Crippen molar-refractivity contribution in [1.29, 1.82) is 0 Å². The highest BCUT2D eigenvalue weighted by Crippen LogP contribution is 1.85. The number of Topliss-reactive ketones (excluding diaryl/α,β-unsaturated/α-hetero) is 1. The molecule has 0 aliphatic heterocycles. The molecule has 0 bridgehead atoms. The Balaban J connectivity index is 3.35. The van der Waals surface area contributed by atoms with Crippen LogP contribution in [-0.4, -0.2) is 23.4 Å². The highest BCUT2D eigenvalue weighted by molar-refractivity contribution is 5.75. The van der Waals surface area contributed by atoms with Crippen molar-refractivity contribution >= 4 is 11.8 Å². The van der Waals surface area contributed by atoms with E-state index in [0.717, 1.165) is 0 Å². The normalized spacial score (nSPS) is 8.08. The summed E-state index contributed by atoms with van der Waals surface area (Å²) >= 11 is 0. The predicted octanol–water partition coefficient (Wildman–Crippen LogP) is -0.00930. The van der Waals surface area contributed by atoms with E-state index in [4.69, 9.17) is 5.11 Å². The van der Waals surface area contributed by atoms with E-state index >= 15 is 0 Å². The third-order valence-corrected chi connectivity index (χ3v) is 1.02. The van der Waals surface area contributed by atoms with Crippen molar-refractivity contribution in [3.63, 3.8) is 0 Å². The van der Waals surface area contributed by atoms with Crippen molar-refractivity contribution in [3.05, 3.63) is 0 Å². The third kappa shape index (κ3) is 8.50. The van der Waals surface area contributed by atoms with Crippen LogP contribution in [0.3, 0.4) is 0 Å². The molecule has 2 N–H and O–H groups in total. The van der Waals surface area contributed by atoms with Crippen LogP contribution in [0.2, 0.25) is 0 Å². The Morgan fingerprint density at radius 1 is 1.50 bits per heavy atom. The monoisotopic (exact) mass is 169 g/mol. The minimum absolute atomic E-state index is 0.0857. The second-order valence-corrected chi connectivity index (χ2v) is 2.25. The number of hydrogen-bond donors (Lipinski definition) is 2. The lowest BCUT2D eigenvalue weighted by atomic mass is 10.2. The van der Waals surface area contributed by atoms with E-state index in [1.54, 1.807) is 0 Å². The van der Waals surface area contributed by atoms with Gasteiger partial charge in [0.25, 0.3) is 0 Å². The van der Waals surface area contributed by atoms with E-state index in [2.05, 4.69) is 17.3 Å². The second-order valence-electron chi connectivity index (χ2n) is 2.25. The van der Waals surface area contributed by atoms with Crippen LogP contribution in [0.5, 0.6) is 0 Å². The summed E-state index contributed by atoms with van der Waals surface area (Å²) in [6, 6.07) is 2.44. The molecule has 0 fully saturated rings. The number of hydrogen-bond acceptors (Lipinski definition) is 3. The summed E-state index contributed by atoms with van der Waals surface area (Å²) in [6.45, 7) is 1.32. The van der Waals surface area contributed by atoms with Crippen molar-refractivity contribution in [2.75, 3.05) is 6.54 Å². The molecule has 66 valence electrons. The Bertz CT molecular complexity index is 202. The Hall–Kier alpha value is -1.50. The van der Waals surface area contributed by atoms with Crippen LogP contribution in [0.1, 0.15) is 19.8 Å². The number of ketones is 1. The highest BCUT2D eigenvalue weighted by atomic mass is 16.4. The fourth-order valence-electron chi connectivity index (χ4n) is 0.483. The van der Waals surface area contributed by atoms with Crippen LogP contribution < -0.4 is 5.32 Å². The van der Waals surface area contributed by atoms with Gasteiger partial charge in [-0.2, -0.15) is 0 Å². The average molecular weight is 169 g/mol. The van der Waals surface area contributed by atoms with Crippen molar-refractivity contribution in [3.8, 4) is 12.0 Å². The zero-order chi connectivity index (χ0) is 9.40. The first-order chi connectivity index (χ1) is 5.63. The zero-order valence-electron chi connectivity index (χ0n) is 6.89. The van der Waals surface area contributed by atoms with Gasteiger partial charge in [-0.25, -0.2) is 0 Å². The Morgan fingerprint density at radius 2 is 2.17 bits per heavy atom. The largest absolute Gasteiger partial charge is 0.480 e. The molecule has 4 nitrogen and oxygen atoms in total. The van der Waals surface area contributed by atoms with Crippen LogP contribution in [0.25, 0.3) is 0 Å². The van der Waals surface area contributed by atoms with Gasteiger partial charge < -0.3 is 10.4 Å². The molecule has 0 aliphatic rings. The van der Waals surface area contributed by atoms with Gasteiger partial charge in [0.1, 0.15) is 12.3 Å². The number of carbonyl (C=O) groups excluding carboxylic acids is 1. The molecule has 4 heteroatoms. The lowest BCUT2D eigenvalue weighted by Crippen LogP contribution is -2.17. The maximum atomic E-state index is 10.4. The van der Waals surface area contributed by atoms with Crippen molar-refractivity contribution < 1.29 is 14.7 Å². The number of carboxylic acids is 1. The van der Waals surface area contributed by atoms with Crippen LogP contribution >= 0.6 is 0 Å². The molecule has 0 radical (unpaired) electrons. The summed E-state index contributed by atoms with van der Waals surface area (Å²) in [5.41, 5.74) is 0. The van der Waals surface area contributed by atoms with Gasteiger partial charge in [-0.05, 0) is 6.92 Å². The van der Waals surface area contributed by atoms with E-state index in [0.29, 0.717) is 12.8 Å². The number of carbonyl (C=O) groups is 2. The summed E-state index contributed by atoms with van der Waals surface area (Å²) in [4.78, 5) is 20.4. The molecule has 0 aliphatic carbocycles. The maximum Gasteiger partial charge on any atom is 0.323 e. The van der Waals surface area contributed by atoms with Gasteiger partial charge >= 0.3 is 5.97 Å². The van der Waals surface area contributed by atoms with Gasteiger partial charge in [-0.1, -0.05) is 5.92 Å². The van der Waals surface area contributed by atoms with Crippen LogP contribution in [0, 0.1) is 12.0 Å². The van der Waals surface area contributed by atoms with Crippen LogP contribution in [0.4, 0.5) is 0 Å². The fraction of sp³-hybridized carbons (Fsp3) is 0.500. The summed E-state index contributed by atoms with van der Waals surface area (Å²) in [6.07, 6.45) is 0.893. The Morgan fingerprint density at radius 3 is 2.67 bits per heavy atom. The van der Waals surface area contributed by atoms with Gasteiger partial charge in [0, 0.05) is 18.9 Å². The minimum atomic E-state index is -0.948. The number of aliphatic carboxylic acids is 1. The van der Waals surface area contributed by atoms with Gasteiger partial charge in [-0.3, -0.25) is 9.59 Å². The van der Waals surface area contributed by atoms with Crippen LogP contribution in [0.15, 0.2) is 0 Å². The molecule has 0 aromatic rings. The van der Waals surface area contributed by atoms with E-state index in [-0.39, 0.29) is 12.3 Å². The summed E-state index contributed by atoms with van der Waals surface area (Å²) in [7, 11) is 0. The topological polar surface area (TPSA) is 66.4 Å². The smallest absolute Gasteiger partial charge is 0.323 e. The molecule has 0 aromatic carbocycles. The Kier molecular flexibility index (Phi) is 5.45. The number of rotatable bonds is 4. The van der Waals surface area contributed by atoms with Gasteiger partial charge in [0.2, 0.25) is 0 Å². The second kappa shape index (κ2) is 6.23. The van der Waals surface area contributed by atoms with Gasteiger partial charge in [0.05, 0.1) is 0 Å². The maximum absolute atomic E-state index is 10.4. The first-order valence-corrected chi connectivity index (χ1v) is 3.55. The summed E-state index contributed by atoms with van der Waals surface area (Å²) < 4.78 is 0. The molecule has 0 aromatic heterocycles. The van der Waals surface area contributed by atoms with E-state index in [1.807, 2.05) is 0 Å². The quantitative estimate of drug-likeness (QED) is 0.459. The Labute approximate surface area is 71.0 Å². The molecule has 0 atom stereocenters. The highest BCUT2D eigenvalue weighted by Gasteiger charge is 1.90.